The first-order chi connectivity index (χ1) is 10.2. The molecule has 1 N–H and O–H groups in total. The van der Waals surface area contributed by atoms with Gasteiger partial charge < -0.3 is 5.32 Å². The molecule has 0 spiro atoms. The summed E-state index contributed by atoms with van der Waals surface area (Å²) in [6.45, 7) is 10.2. The molecule has 0 heterocycles. The van der Waals surface area contributed by atoms with Gasteiger partial charge in [-0.2, -0.15) is 4.31 Å². The number of carbonyl (C=O) groups is 1. The third-order valence-corrected chi connectivity index (χ3v) is 5.82. The number of hydrogen-bond donors (Lipinski definition) is 1. The Labute approximate surface area is 133 Å². The Morgan fingerprint density at radius 1 is 1.18 bits per heavy atom. The zero-order valence-electron chi connectivity index (χ0n) is 14.0. The lowest BCUT2D eigenvalue weighted by Crippen LogP contribution is -2.42. The highest BCUT2D eigenvalue weighted by Gasteiger charge is 2.24. The molecule has 5 nitrogen and oxygen atoms in total. The fraction of sp³-hybridized carbons (Fsp3) is 0.562. The zero-order chi connectivity index (χ0) is 17.0. The first-order valence-electron chi connectivity index (χ1n) is 7.60. The smallest absolute Gasteiger partial charge is 0.251 e. The number of rotatable bonds is 7. The summed E-state index contributed by atoms with van der Waals surface area (Å²) in [7, 11) is -3.55. The Hall–Kier alpha value is -1.40. The van der Waals surface area contributed by atoms with E-state index in [1.54, 1.807) is 26.0 Å². The van der Waals surface area contributed by atoms with E-state index in [2.05, 4.69) is 5.32 Å². The summed E-state index contributed by atoms with van der Waals surface area (Å²) >= 11 is 0. The van der Waals surface area contributed by atoms with Crippen molar-refractivity contribution in [1.29, 1.82) is 0 Å². The fourth-order valence-corrected chi connectivity index (χ4v) is 3.48. The minimum absolute atomic E-state index is 0.151. The van der Waals surface area contributed by atoms with Gasteiger partial charge in [-0.05, 0) is 38.5 Å². The molecule has 0 aliphatic rings. The standard InChI is InChI=1S/C16H26N2O3S/c1-6-16(4,5)17-15(19)13-10-9-11-14(12-13)22(20,21)18(7-2)8-3/h9-12H,6-8H2,1-5H3,(H,17,19). The van der Waals surface area contributed by atoms with Crippen molar-refractivity contribution in [3.8, 4) is 0 Å². The van der Waals surface area contributed by atoms with Gasteiger partial charge in [0.2, 0.25) is 10.0 Å². The average Bonchev–Trinajstić information content (AvgIpc) is 2.48. The molecule has 1 amide bonds. The third-order valence-electron chi connectivity index (χ3n) is 3.78. The second-order valence-corrected chi connectivity index (χ2v) is 7.75. The van der Waals surface area contributed by atoms with Crippen molar-refractivity contribution in [3.05, 3.63) is 29.8 Å². The fourth-order valence-electron chi connectivity index (χ4n) is 1.98. The molecule has 0 aliphatic heterocycles. The van der Waals surface area contributed by atoms with Crippen molar-refractivity contribution >= 4 is 15.9 Å². The van der Waals surface area contributed by atoms with Crippen LogP contribution in [-0.4, -0.2) is 37.3 Å². The summed E-state index contributed by atoms with van der Waals surface area (Å²) in [5, 5.41) is 2.91. The molecule has 124 valence electrons. The molecule has 0 saturated carbocycles. The maximum atomic E-state index is 12.5. The number of nitrogens with zero attached hydrogens (tertiary/aromatic N) is 1. The molecule has 0 bridgehead atoms. The van der Waals surface area contributed by atoms with Gasteiger partial charge in [0.1, 0.15) is 0 Å². The molecule has 6 heteroatoms. The van der Waals surface area contributed by atoms with E-state index >= 15 is 0 Å². The number of sulfonamides is 1. The highest BCUT2D eigenvalue weighted by Crippen LogP contribution is 2.18. The lowest BCUT2D eigenvalue weighted by molar-refractivity contribution is 0.0911. The summed E-state index contributed by atoms with van der Waals surface area (Å²) in [5.74, 6) is -0.261. The van der Waals surface area contributed by atoms with E-state index in [4.69, 9.17) is 0 Å². The molecule has 1 rings (SSSR count). The lowest BCUT2D eigenvalue weighted by atomic mass is 10.0. The highest BCUT2D eigenvalue weighted by atomic mass is 32.2. The van der Waals surface area contributed by atoms with Gasteiger partial charge in [0, 0.05) is 24.2 Å². The Balaban J connectivity index is 3.12. The molecular weight excluding hydrogens is 300 g/mol. The zero-order valence-corrected chi connectivity index (χ0v) is 14.8. The molecule has 1 aromatic rings. The molecule has 0 unspecified atom stereocenters. The van der Waals surface area contributed by atoms with E-state index in [1.165, 1.54) is 16.4 Å². The van der Waals surface area contributed by atoms with Crippen molar-refractivity contribution < 1.29 is 13.2 Å². The number of benzene rings is 1. The van der Waals surface area contributed by atoms with Crippen LogP contribution in [0.3, 0.4) is 0 Å². The van der Waals surface area contributed by atoms with Crippen molar-refractivity contribution in [2.45, 2.75) is 51.5 Å². The van der Waals surface area contributed by atoms with Gasteiger partial charge in [0.15, 0.2) is 0 Å². The Bertz CT molecular complexity index is 620. The molecule has 0 saturated heterocycles. The minimum Gasteiger partial charge on any atom is -0.347 e. The predicted molar refractivity (Wildman–Crippen MR) is 88.4 cm³/mol. The first kappa shape index (κ1) is 18.6. The molecule has 0 fully saturated rings. The summed E-state index contributed by atoms with van der Waals surface area (Å²) in [6, 6.07) is 6.19. The van der Waals surface area contributed by atoms with E-state index in [0.717, 1.165) is 6.42 Å². The average molecular weight is 326 g/mol. The topological polar surface area (TPSA) is 66.5 Å². The van der Waals surface area contributed by atoms with Crippen molar-refractivity contribution in [1.82, 2.24) is 9.62 Å². The Morgan fingerprint density at radius 2 is 1.77 bits per heavy atom. The van der Waals surface area contributed by atoms with E-state index in [9.17, 15) is 13.2 Å². The summed E-state index contributed by atoms with van der Waals surface area (Å²) in [5.41, 5.74) is 0.0277. The minimum atomic E-state index is -3.55. The molecule has 1 aromatic carbocycles. The molecule has 0 atom stereocenters. The van der Waals surface area contributed by atoms with E-state index in [-0.39, 0.29) is 16.3 Å². The third kappa shape index (κ3) is 4.30. The number of amides is 1. The van der Waals surface area contributed by atoms with E-state index in [1.807, 2.05) is 20.8 Å². The van der Waals surface area contributed by atoms with Crippen LogP contribution in [0, 0.1) is 0 Å². The van der Waals surface area contributed by atoms with Crippen molar-refractivity contribution in [3.63, 3.8) is 0 Å². The van der Waals surface area contributed by atoms with Crippen LogP contribution in [0.4, 0.5) is 0 Å². The van der Waals surface area contributed by atoms with Crippen LogP contribution in [0.2, 0.25) is 0 Å². The lowest BCUT2D eigenvalue weighted by Gasteiger charge is -2.24. The van der Waals surface area contributed by atoms with Crippen LogP contribution in [0.25, 0.3) is 0 Å². The molecule has 0 radical (unpaired) electrons. The summed E-state index contributed by atoms with van der Waals surface area (Å²) in [6.07, 6.45) is 0.788. The van der Waals surface area contributed by atoms with Gasteiger partial charge in [-0.25, -0.2) is 8.42 Å². The van der Waals surface area contributed by atoms with Crippen LogP contribution in [0.5, 0.6) is 0 Å². The quantitative estimate of drug-likeness (QED) is 0.837. The Morgan fingerprint density at radius 3 is 2.27 bits per heavy atom. The van der Waals surface area contributed by atoms with Gasteiger partial charge in [0.05, 0.1) is 4.90 Å². The predicted octanol–water partition coefficient (Wildman–Crippen LogP) is 2.64. The number of nitrogens with one attached hydrogen (secondary N) is 1. The van der Waals surface area contributed by atoms with Crippen molar-refractivity contribution in [2.75, 3.05) is 13.1 Å². The normalized spacial score (nSPS) is 12.5. The SMILES string of the molecule is CCN(CC)S(=O)(=O)c1cccc(C(=O)NC(C)(C)CC)c1. The van der Waals surface area contributed by atoms with Crippen LogP contribution in [0.1, 0.15) is 51.4 Å². The second-order valence-electron chi connectivity index (χ2n) is 5.81. The van der Waals surface area contributed by atoms with E-state index < -0.39 is 10.0 Å². The second kappa shape index (κ2) is 7.24. The van der Waals surface area contributed by atoms with Crippen LogP contribution in [0.15, 0.2) is 29.2 Å². The van der Waals surface area contributed by atoms with E-state index in [0.29, 0.717) is 18.7 Å². The molecular formula is C16H26N2O3S. The molecule has 0 aliphatic carbocycles. The van der Waals surface area contributed by atoms with Crippen molar-refractivity contribution in [2.24, 2.45) is 0 Å². The number of carbonyl (C=O) groups excluding carboxylic acids is 1. The largest absolute Gasteiger partial charge is 0.347 e. The molecule has 22 heavy (non-hydrogen) atoms. The van der Waals surface area contributed by atoms with Gasteiger partial charge >= 0.3 is 0 Å². The van der Waals surface area contributed by atoms with Gasteiger partial charge in [-0.3, -0.25) is 4.79 Å². The van der Waals surface area contributed by atoms with Crippen LogP contribution >= 0.6 is 0 Å². The maximum absolute atomic E-state index is 12.5. The molecule has 0 aromatic heterocycles. The summed E-state index contributed by atoms with van der Waals surface area (Å²) < 4.78 is 26.4. The summed E-state index contributed by atoms with van der Waals surface area (Å²) in [4.78, 5) is 12.4. The Kier molecular flexibility index (Phi) is 6.14. The maximum Gasteiger partial charge on any atom is 0.251 e. The van der Waals surface area contributed by atoms with Gasteiger partial charge in [0.25, 0.3) is 5.91 Å². The number of hydrogen-bond acceptors (Lipinski definition) is 3. The van der Waals surface area contributed by atoms with Gasteiger partial charge in [-0.1, -0.05) is 26.8 Å². The first-order valence-corrected chi connectivity index (χ1v) is 9.04. The van der Waals surface area contributed by atoms with Crippen LogP contribution < -0.4 is 5.32 Å². The van der Waals surface area contributed by atoms with Gasteiger partial charge in [-0.15, -0.1) is 0 Å². The highest BCUT2D eigenvalue weighted by molar-refractivity contribution is 7.89. The van der Waals surface area contributed by atoms with Crippen LogP contribution in [-0.2, 0) is 10.0 Å². The monoisotopic (exact) mass is 326 g/mol.